The van der Waals surface area contributed by atoms with Crippen molar-refractivity contribution in [2.45, 2.75) is 130 Å². The van der Waals surface area contributed by atoms with E-state index in [1.54, 1.807) is 14.2 Å². The van der Waals surface area contributed by atoms with Crippen molar-refractivity contribution in [3.8, 4) is 0 Å². The van der Waals surface area contributed by atoms with Crippen molar-refractivity contribution in [2.24, 2.45) is 0 Å². The van der Waals surface area contributed by atoms with Crippen LogP contribution in [0.3, 0.4) is 0 Å². The average molecular weight is 858 g/mol. The Morgan fingerprint density at radius 3 is 0.500 bits per heavy atom. The van der Waals surface area contributed by atoms with Gasteiger partial charge in [0.05, 0.1) is 0 Å². The van der Waals surface area contributed by atoms with E-state index in [0.29, 0.717) is 60.4 Å². The van der Waals surface area contributed by atoms with Crippen molar-refractivity contribution in [1.29, 1.82) is 0 Å². The summed E-state index contributed by atoms with van der Waals surface area (Å²) in [5, 5.41) is 0. The number of hydrogen-bond donors (Lipinski definition) is 0. The molecule has 5 aliphatic heterocycles. The fourth-order valence-corrected chi connectivity index (χ4v) is 65.0. The molecule has 280 valence electrons. The lowest BCUT2D eigenvalue weighted by Crippen LogP contribution is -2.85. The van der Waals surface area contributed by atoms with Crippen molar-refractivity contribution in [3.63, 3.8) is 0 Å². The van der Waals surface area contributed by atoms with Crippen LogP contribution in [0.5, 0.6) is 0 Å². The smallest absolute Gasteiger partial charge is 0.378 e. The van der Waals surface area contributed by atoms with Crippen LogP contribution in [0.15, 0.2) is 0 Å². The topological polar surface area (TPSA) is 148 Å². The first-order valence-electron chi connectivity index (χ1n) is 17.5. The molecule has 0 amide bonds. The molecule has 0 aliphatic carbocycles. The van der Waals surface area contributed by atoms with Gasteiger partial charge in [-0.1, -0.05) is 69.2 Å². The third kappa shape index (κ3) is 6.97. The van der Waals surface area contributed by atoms with E-state index in [0.717, 1.165) is 0 Å². The first kappa shape index (κ1) is 40.7. The molecule has 8 unspecified atom stereocenters. The van der Waals surface area contributed by atoms with Crippen molar-refractivity contribution in [2.75, 3.05) is 14.2 Å². The van der Waals surface area contributed by atoms with Gasteiger partial charge < -0.3 is 66.5 Å². The molecule has 0 aromatic heterocycles. The van der Waals surface area contributed by atoms with Gasteiger partial charge >= 0.3 is 88.0 Å². The summed E-state index contributed by atoms with van der Waals surface area (Å²) >= 11 is 0. The minimum atomic E-state index is -3.96. The number of rotatable bonds is 12. The molecule has 48 heavy (non-hydrogen) atoms. The molecule has 5 aliphatic rings. The average Bonchev–Trinajstić information content (AvgIpc) is 3.07. The minimum Gasteiger partial charge on any atom is -0.378 e. The summed E-state index contributed by atoms with van der Waals surface area (Å²) < 4.78 is 114. The second-order valence-electron chi connectivity index (χ2n) is 12.2. The first-order valence-corrected chi connectivity index (χ1v) is 36.9. The third-order valence-electron chi connectivity index (χ3n) is 9.31. The van der Waals surface area contributed by atoms with E-state index >= 15 is 0 Å². The van der Waals surface area contributed by atoms with E-state index in [2.05, 4.69) is 0 Å². The van der Waals surface area contributed by atoms with Crippen LogP contribution in [0.25, 0.3) is 0 Å². The molecule has 0 aromatic rings. The molecule has 0 radical (unpaired) electrons. The Hall–Kier alpha value is 1.53. The largest absolute Gasteiger partial charge is 0.485 e. The van der Waals surface area contributed by atoms with Gasteiger partial charge in [-0.3, -0.25) is 0 Å². The number of fused-ring (bicyclic) bond motifs is 5. The summed E-state index contributed by atoms with van der Waals surface area (Å²) in [6, 6.07) is 3.51. The van der Waals surface area contributed by atoms with Gasteiger partial charge in [0.25, 0.3) is 0 Å². The monoisotopic (exact) mass is 856 g/mol. The lowest BCUT2D eigenvalue weighted by molar-refractivity contribution is -0.0146. The predicted octanol–water partition coefficient (Wildman–Crippen LogP) is 5.17. The highest BCUT2D eigenvalue weighted by molar-refractivity contribution is 7.02. The standard InChI is InChI=1S/C22H56O16Si10/c1-13-39(23-11)25-41(15-3)29-42(16-4)26-40(14-2,24-12)28-44(18-6)33-46(20-8,31-42)37-48(22-10)36-45(19-7,30-41)32-43(17-5,27-39)34-47(21-9,35-44)38-48/h13-22H2,1-12H3. The molecule has 16 nitrogen and oxygen atoms in total. The van der Waals surface area contributed by atoms with Crippen LogP contribution >= 0.6 is 0 Å². The fraction of sp³-hybridized carbons (Fsp3) is 1.00. The van der Waals surface area contributed by atoms with Crippen LogP contribution in [-0.2, 0) is 66.5 Å². The van der Waals surface area contributed by atoms with Crippen molar-refractivity contribution >= 4 is 88.0 Å². The van der Waals surface area contributed by atoms with Crippen LogP contribution in [0.4, 0.5) is 0 Å². The second-order valence-corrected chi connectivity index (χ2v) is 45.2. The van der Waals surface area contributed by atoms with Crippen LogP contribution in [0.2, 0.25) is 60.4 Å². The summed E-state index contributed by atoms with van der Waals surface area (Å²) in [5.74, 6) is 0. The fourth-order valence-electron chi connectivity index (χ4n) is 6.33. The van der Waals surface area contributed by atoms with Gasteiger partial charge in [0, 0.05) is 74.7 Å². The van der Waals surface area contributed by atoms with Crippen LogP contribution in [0.1, 0.15) is 69.2 Å². The Kier molecular flexibility index (Phi) is 12.1. The van der Waals surface area contributed by atoms with E-state index in [1.165, 1.54) is 0 Å². The normalized spacial score (nSPS) is 50.8. The quantitative estimate of drug-likeness (QED) is 0.238. The second kappa shape index (κ2) is 14.3. The molecule has 26 heteroatoms. The highest BCUT2D eigenvalue weighted by Crippen LogP contribution is 2.51. The first-order chi connectivity index (χ1) is 22.6. The van der Waals surface area contributed by atoms with Gasteiger partial charge in [-0.25, -0.2) is 0 Å². The van der Waals surface area contributed by atoms with Crippen molar-refractivity contribution in [3.05, 3.63) is 0 Å². The molecule has 0 saturated carbocycles. The maximum absolute atomic E-state index is 7.34. The van der Waals surface area contributed by atoms with E-state index in [4.69, 9.17) is 66.5 Å². The zero-order chi connectivity index (χ0) is 35.4. The SMILES string of the molecule is CC[Si]1(OC)O[Si]2(CC)O[Si]3(CC)O[Si](CC)(OC)O[Si]4(CC)O[Si](CC)(O3)O[Si]3(CC)O[Si](CC)(O2)O[Si](CC)(O1)O[Si](CC)(O4)O3. The molecular weight excluding hydrogens is 801 g/mol. The lowest BCUT2D eigenvalue weighted by Gasteiger charge is -2.60. The van der Waals surface area contributed by atoms with E-state index < -0.39 is 88.0 Å². The Balaban J connectivity index is 1.96. The Morgan fingerprint density at radius 2 is 0.396 bits per heavy atom. The maximum Gasteiger partial charge on any atom is 0.485 e. The van der Waals surface area contributed by atoms with Crippen LogP contribution < -0.4 is 0 Å². The van der Waals surface area contributed by atoms with Crippen LogP contribution in [-0.4, -0.2) is 102 Å². The summed E-state index contributed by atoms with van der Waals surface area (Å²) in [7, 11) is -35.4. The van der Waals surface area contributed by atoms with Crippen LogP contribution in [0, 0.1) is 0 Å². The molecule has 5 heterocycles. The summed E-state index contributed by atoms with van der Waals surface area (Å²) in [6.07, 6.45) is 0. The molecule has 5 saturated heterocycles. The summed E-state index contributed by atoms with van der Waals surface area (Å²) in [5.41, 5.74) is 0. The van der Waals surface area contributed by atoms with E-state index in [-0.39, 0.29) is 0 Å². The summed E-state index contributed by atoms with van der Waals surface area (Å²) in [6.45, 7) is 19.7. The van der Waals surface area contributed by atoms with Gasteiger partial charge in [-0.05, 0) is 0 Å². The minimum absolute atomic E-state index is 0.321. The zero-order valence-electron chi connectivity index (χ0n) is 30.6. The predicted molar refractivity (Wildman–Crippen MR) is 192 cm³/mol. The molecular formula is C22H56O16Si10. The van der Waals surface area contributed by atoms with Crippen molar-refractivity contribution in [1.82, 2.24) is 0 Å². The highest BCUT2D eigenvalue weighted by atomic mass is 28.6. The molecule has 5 fully saturated rings. The molecule has 8 atom stereocenters. The van der Waals surface area contributed by atoms with Gasteiger partial charge in [0.15, 0.2) is 0 Å². The van der Waals surface area contributed by atoms with Crippen molar-refractivity contribution < 1.29 is 66.5 Å². The molecule has 0 spiro atoms. The third-order valence-corrected chi connectivity index (χ3v) is 54.0. The van der Waals surface area contributed by atoms with Gasteiger partial charge in [-0.2, -0.15) is 0 Å². The Bertz CT molecular complexity index is 1090. The molecule has 8 bridgehead atoms. The molecule has 0 aromatic carbocycles. The summed E-state index contributed by atoms with van der Waals surface area (Å²) in [4.78, 5) is 0. The van der Waals surface area contributed by atoms with Gasteiger partial charge in [0.2, 0.25) is 0 Å². The Labute approximate surface area is 297 Å². The van der Waals surface area contributed by atoms with Gasteiger partial charge in [-0.15, -0.1) is 0 Å². The van der Waals surface area contributed by atoms with Gasteiger partial charge in [0.1, 0.15) is 0 Å². The van der Waals surface area contributed by atoms with E-state index in [9.17, 15) is 0 Å². The molecule has 5 rings (SSSR count). The van der Waals surface area contributed by atoms with E-state index in [1.807, 2.05) is 69.2 Å². The maximum atomic E-state index is 7.34. The zero-order valence-corrected chi connectivity index (χ0v) is 40.6. The molecule has 0 N–H and O–H groups in total. The Morgan fingerprint density at radius 1 is 0.250 bits per heavy atom. The lowest BCUT2D eigenvalue weighted by atomic mass is 11.0. The highest BCUT2D eigenvalue weighted by Gasteiger charge is 2.80. The number of hydrogen-bond acceptors (Lipinski definition) is 16.